The minimum atomic E-state index is -0.303. The molecule has 1 unspecified atom stereocenters. The normalized spacial score (nSPS) is 15.0. The minimum Gasteiger partial charge on any atom is -0.340 e. The monoisotopic (exact) mass is 387 g/mol. The van der Waals surface area contributed by atoms with E-state index in [0.29, 0.717) is 11.8 Å². The van der Waals surface area contributed by atoms with Crippen LogP contribution in [0.25, 0.3) is 17.2 Å². The topological polar surface area (TPSA) is 68.0 Å². The first-order valence-corrected chi connectivity index (χ1v) is 10.1. The number of hydrogen-bond donors (Lipinski definition) is 1. The van der Waals surface area contributed by atoms with E-state index in [4.69, 9.17) is 4.52 Å². The summed E-state index contributed by atoms with van der Waals surface area (Å²) in [5.41, 5.74) is 3.23. The van der Waals surface area contributed by atoms with Crippen LogP contribution in [0.15, 0.2) is 65.2 Å². The molecule has 0 radical (unpaired) electrons. The number of carbonyl (C=O) groups excluding carboxylic acids is 1. The number of hydrogen-bond acceptors (Lipinski definition) is 4. The Kier molecular flexibility index (Phi) is 5.56. The summed E-state index contributed by atoms with van der Waals surface area (Å²) in [6, 6.07) is 18.0. The third-order valence-corrected chi connectivity index (χ3v) is 5.05. The summed E-state index contributed by atoms with van der Waals surface area (Å²) in [6.45, 7) is 4.05. The third kappa shape index (κ3) is 4.80. The molecule has 1 fully saturated rings. The number of carbonyl (C=O) groups is 1. The van der Waals surface area contributed by atoms with Gasteiger partial charge >= 0.3 is 0 Å². The van der Waals surface area contributed by atoms with Crippen molar-refractivity contribution in [2.24, 2.45) is 5.92 Å². The molecule has 1 aromatic heterocycles. The Bertz CT molecular complexity index is 1000. The highest BCUT2D eigenvalue weighted by atomic mass is 16.5. The van der Waals surface area contributed by atoms with E-state index >= 15 is 0 Å². The summed E-state index contributed by atoms with van der Waals surface area (Å²) >= 11 is 0. The average molecular weight is 387 g/mol. The lowest BCUT2D eigenvalue weighted by Gasteiger charge is -2.17. The standard InChI is InChI=1S/C24H25N3O2/c1-16(2)22(24-26-23(27-29-24)19-12-13-19)25-21(28)14-11-17-7-6-10-20(15-17)18-8-4-3-5-9-18/h3-11,14-16,19,22H,12-13H2,1-2H3,(H,25,28)/b14-11+. The Morgan fingerprint density at radius 2 is 1.86 bits per heavy atom. The van der Waals surface area contributed by atoms with Gasteiger partial charge in [0.05, 0.1) is 0 Å². The van der Waals surface area contributed by atoms with Gasteiger partial charge in [0.15, 0.2) is 5.82 Å². The van der Waals surface area contributed by atoms with Gasteiger partial charge in [-0.25, -0.2) is 0 Å². The molecule has 148 valence electrons. The quantitative estimate of drug-likeness (QED) is 0.570. The largest absolute Gasteiger partial charge is 0.340 e. The summed E-state index contributed by atoms with van der Waals surface area (Å²) in [6.07, 6.45) is 5.60. The molecular formula is C24H25N3O2. The maximum absolute atomic E-state index is 12.5. The predicted molar refractivity (Wildman–Crippen MR) is 113 cm³/mol. The molecule has 4 rings (SSSR count). The van der Waals surface area contributed by atoms with Crippen LogP contribution in [0.3, 0.4) is 0 Å². The van der Waals surface area contributed by atoms with Gasteiger partial charge in [-0.05, 0) is 47.6 Å². The molecule has 0 spiro atoms. The molecule has 1 amide bonds. The summed E-state index contributed by atoms with van der Waals surface area (Å²) in [7, 11) is 0. The van der Waals surface area contributed by atoms with Gasteiger partial charge in [-0.15, -0.1) is 0 Å². The van der Waals surface area contributed by atoms with Crippen LogP contribution in [0.5, 0.6) is 0 Å². The molecule has 1 aliphatic carbocycles. The van der Waals surface area contributed by atoms with Crippen molar-refractivity contribution in [3.63, 3.8) is 0 Å². The van der Waals surface area contributed by atoms with Gasteiger partial charge in [-0.2, -0.15) is 4.98 Å². The van der Waals surface area contributed by atoms with Gasteiger partial charge in [0, 0.05) is 12.0 Å². The second-order valence-corrected chi connectivity index (χ2v) is 7.82. The summed E-state index contributed by atoms with van der Waals surface area (Å²) in [5.74, 6) is 1.62. The summed E-state index contributed by atoms with van der Waals surface area (Å²) < 4.78 is 5.42. The van der Waals surface area contributed by atoms with Crippen molar-refractivity contribution in [2.45, 2.75) is 38.6 Å². The first-order valence-electron chi connectivity index (χ1n) is 10.1. The zero-order valence-corrected chi connectivity index (χ0v) is 16.7. The van der Waals surface area contributed by atoms with Crippen molar-refractivity contribution in [1.82, 2.24) is 15.5 Å². The van der Waals surface area contributed by atoms with E-state index in [9.17, 15) is 4.79 Å². The molecule has 0 aliphatic heterocycles. The number of nitrogens with zero attached hydrogens (tertiary/aromatic N) is 2. The fraction of sp³-hybridized carbons (Fsp3) is 0.292. The molecule has 1 N–H and O–H groups in total. The molecule has 1 atom stereocenters. The summed E-state index contributed by atoms with van der Waals surface area (Å²) in [4.78, 5) is 17.0. The summed E-state index contributed by atoms with van der Waals surface area (Å²) in [5, 5.41) is 7.07. The van der Waals surface area contributed by atoms with Crippen molar-refractivity contribution < 1.29 is 9.32 Å². The Labute approximate surface area is 170 Å². The Hall–Kier alpha value is -3.21. The highest BCUT2D eigenvalue weighted by Gasteiger charge is 2.31. The molecule has 1 saturated carbocycles. The molecule has 0 bridgehead atoms. The van der Waals surface area contributed by atoms with Crippen molar-refractivity contribution >= 4 is 12.0 Å². The first-order chi connectivity index (χ1) is 14.1. The van der Waals surface area contributed by atoms with E-state index in [2.05, 4.69) is 39.7 Å². The third-order valence-electron chi connectivity index (χ3n) is 5.05. The zero-order valence-electron chi connectivity index (χ0n) is 16.7. The number of amides is 1. The lowest BCUT2D eigenvalue weighted by Crippen LogP contribution is -2.30. The van der Waals surface area contributed by atoms with Crippen LogP contribution in [0.1, 0.15) is 55.9 Å². The molecule has 3 aromatic rings. The highest BCUT2D eigenvalue weighted by Crippen LogP contribution is 2.38. The molecule has 5 heteroatoms. The maximum atomic E-state index is 12.5. The Morgan fingerprint density at radius 1 is 1.10 bits per heavy atom. The van der Waals surface area contributed by atoms with Gasteiger partial charge in [-0.3, -0.25) is 4.79 Å². The van der Waals surface area contributed by atoms with Gasteiger partial charge in [0.25, 0.3) is 0 Å². The van der Waals surface area contributed by atoms with Crippen LogP contribution in [0.4, 0.5) is 0 Å². The number of aromatic nitrogens is 2. The van der Waals surface area contributed by atoms with Gasteiger partial charge in [0.2, 0.25) is 11.8 Å². The number of nitrogens with one attached hydrogen (secondary N) is 1. The van der Waals surface area contributed by atoms with Crippen molar-refractivity contribution in [3.8, 4) is 11.1 Å². The molecule has 5 nitrogen and oxygen atoms in total. The van der Waals surface area contributed by atoms with Crippen LogP contribution in [-0.2, 0) is 4.79 Å². The average Bonchev–Trinajstić information content (AvgIpc) is 3.48. The molecular weight excluding hydrogens is 362 g/mol. The zero-order chi connectivity index (χ0) is 20.2. The first kappa shape index (κ1) is 19.1. The van der Waals surface area contributed by atoms with E-state index in [-0.39, 0.29) is 17.9 Å². The second kappa shape index (κ2) is 8.43. The lowest BCUT2D eigenvalue weighted by atomic mass is 10.0. The lowest BCUT2D eigenvalue weighted by molar-refractivity contribution is -0.117. The number of rotatable bonds is 7. The van der Waals surface area contributed by atoms with Gasteiger partial charge < -0.3 is 9.84 Å². The van der Waals surface area contributed by atoms with E-state index < -0.39 is 0 Å². The van der Waals surface area contributed by atoms with Crippen LogP contribution in [0.2, 0.25) is 0 Å². The van der Waals surface area contributed by atoms with E-state index in [1.54, 1.807) is 6.08 Å². The second-order valence-electron chi connectivity index (χ2n) is 7.82. The fourth-order valence-electron chi connectivity index (χ4n) is 3.22. The SMILES string of the molecule is CC(C)C(NC(=O)/C=C/c1cccc(-c2ccccc2)c1)c1nc(C2CC2)no1. The van der Waals surface area contributed by atoms with Crippen LogP contribution < -0.4 is 5.32 Å². The minimum absolute atomic E-state index is 0.140. The Balaban J connectivity index is 1.44. The molecule has 29 heavy (non-hydrogen) atoms. The van der Waals surface area contributed by atoms with E-state index in [0.717, 1.165) is 35.4 Å². The van der Waals surface area contributed by atoms with Crippen LogP contribution in [0, 0.1) is 5.92 Å². The Morgan fingerprint density at radius 3 is 2.59 bits per heavy atom. The van der Waals surface area contributed by atoms with Crippen molar-refractivity contribution in [3.05, 3.63) is 78.0 Å². The van der Waals surface area contributed by atoms with Crippen molar-refractivity contribution in [2.75, 3.05) is 0 Å². The fourth-order valence-corrected chi connectivity index (χ4v) is 3.22. The highest BCUT2D eigenvalue weighted by molar-refractivity contribution is 5.92. The van der Waals surface area contributed by atoms with Gasteiger partial charge in [-0.1, -0.05) is 67.5 Å². The molecule has 2 aromatic carbocycles. The van der Waals surface area contributed by atoms with Gasteiger partial charge in [0.1, 0.15) is 6.04 Å². The van der Waals surface area contributed by atoms with Crippen LogP contribution >= 0.6 is 0 Å². The predicted octanol–water partition coefficient (Wildman–Crippen LogP) is 5.14. The van der Waals surface area contributed by atoms with Crippen molar-refractivity contribution in [1.29, 1.82) is 0 Å². The molecule has 0 saturated heterocycles. The molecule has 1 aliphatic rings. The van der Waals surface area contributed by atoms with E-state index in [1.165, 1.54) is 0 Å². The number of benzene rings is 2. The molecule has 1 heterocycles. The smallest absolute Gasteiger partial charge is 0.249 e. The van der Waals surface area contributed by atoms with E-state index in [1.807, 2.05) is 50.3 Å². The maximum Gasteiger partial charge on any atom is 0.249 e. The van der Waals surface area contributed by atoms with Crippen LogP contribution in [-0.4, -0.2) is 16.0 Å².